The molecule has 4 rings (SSSR count). The van der Waals surface area contributed by atoms with Gasteiger partial charge >= 0.3 is 0 Å². The predicted molar refractivity (Wildman–Crippen MR) is 134 cm³/mol. The van der Waals surface area contributed by atoms with Gasteiger partial charge in [-0.15, -0.1) is 0 Å². The molecule has 0 aliphatic carbocycles. The maximum absolute atomic E-state index is 13.7. The number of imidazole rings is 1. The molecule has 1 saturated heterocycles. The third-order valence-corrected chi connectivity index (χ3v) is 6.90. The van der Waals surface area contributed by atoms with Gasteiger partial charge in [-0.1, -0.05) is 44.0 Å². The van der Waals surface area contributed by atoms with Crippen molar-refractivity contribution in [3.8, 4) is 6.07 Å². The van der Waals surface area contributed by atoms with E-state index >= 15 is 0 Å². The van der Waals surface area contributed by atoms with E-state index in [0.29, 0.717) is 25.2 Å². The number of carbonyl (C=O) groups excluding carboxylic acids is 1. The minimum absolute atomic E-state index is 0.133. The zero-order chi connectivity index (χ0) is 24.1. The van der Waals surface area contributed by atoms with Crippen molar-refractivity contribution in [1.82, 2.24) is 14.5 Å². The van der Waals surface area contributed by atoms with E-state index in [2.05, 4.69) is 53.4 Å². The lowest BCUT2D eigenvalue weighted by Gasteiger charge is -2.41. The van der Waals surface area contributed by atoms with Crippen LogP contribution in [-0.2, 0) is 17.9 Å². The fourth-order valence-electron chi connectivity index (χ4n) is 4.70. The number of anilines is 1. The Labute approximate surface area is 202 Å². The van der Waals surface area contributed by atoms with Crippen molar-refractivity contribution in [1.29, 1.82) is 5.26 Å². The molecule has 0 unspecified atom stereocenters. The summed E-state index contributed by atoms with van der Waals surface area (Å²) in [6.45, 7) is 9.28. The number of aryl methyl sites for hydroxylation is 1. The maximum Gasteiger partial charge on any atom is 0.244 e. The normalized spacial score (nSPS) is 16.6. The van der Waals surface area contributed by atoms with Gasteiger partial charge in [-0.05, 0) is 55.2 Å². The van der Waals surface area contributed by atoms with Crippen molar-refractivity contribution in [3.05, 3.63) is 82.9 Å². The molecule has 176 valence electrons. The van der Waals surface area contributed by atoms with Gasteiger partial charge in [0.25, 0.3) is 0 Å². The molecule has 1 atom stereocenters. The minimum Gasteiger partial charge on any atom is -0.329 e. The summed E-state index contributed by atoms with van der Waals surface area (Å²) >= 11 is 0. The van der Waals surface area contributed by atoms with Gasteiger partial charge in [0.15, 0.2) is 0 Å². The number of nitriles is 1. The molecule has 0 bridgehead atoms. The van der Waals surface area contributed by atoms with Crippen LogP contribution in [0.4, 0.5) is 5.69 Å². The average molecular weight is 456 g/mol. The van der Waals surface area contributed by atoms with Crippen molar-refractivity contribution >= 4 is 11.6 Å². The van der Waals surface area contributed by atoms with Gasteiger partial charge < -0.3 is 9.47 Å². The van der Waals surface area contributed by atoms with Gasteiger partial charge in [-0.25, -0.2) is 4.98 Å². The molecule has 1 aliphatic rings. The molecular formula is C28H33N5O. The van der Waals surface area contributed by atoms with Crippen LogP contribution in [0.25, 0.3) is 0 Å². The van der Waals surface area contributed by atoms with Crippen LogP contribution in [0.3, 0.4) is 0 Å². The van der Waals surface area contributed by atoms with Crippen LogP contribution < -0.4 is 4.90 Å². The summed E-state index contributed by atoms with van der Waals surface area (Å²) in [6.07, 6.45) is 6.71. The second-order valence-corrected chi connectivity index (χ2v) is 9.16. The number of hydrogen-bond acceptors (Lipinski definition) is 4. The summed E-state index contributed by atoms with van der Waals surface area (Å²) < 4.78 is 2.14. The molecule has 1 amide bonds. The highest BCUT2D eigenvalue weighted by atomic mass is 16.2. The lowest BCUT2D eigenvalue weighted by molar-refractivity contribution is -0.126. The molecule has 0 saturated carbocycles. The highest BCUT2D eigenvalue weighted by Gasteiger charge is 2.35. The average Bonchev–Trinajstić information content (AvgIpc) is 3.28. The monoisotopic (exact) mass is 455 g/mol. The van der Waals surface area contributed by atoms with Crippen molar-refractivity contribution in [2.24, 2.45) is 0 Å². The van der Waals surface area contributed by atoms with Crippen LogP contribution in [0.1, 0.15) is 54.1 Å². The van der Waals surface area contributed by atoms with Gasteiger partial charge in [-0.2, -0.15) is 5.26 Å². The lowest BCUT2D eigenvalue weighted by atomic mass is 10.0. The molecule has 34 heavy (non-hydrogen) atoms. The standard InChI is InChI=1S/C28H33N5O/c1-4-5-8-27-28(34)33(26-9-6-7-21(2)22(26)3)15-14-31(27)19-25-17-30-20-32(25)18-24-12-10-23(16-29)11-13-24/h6-7,9-13,17,20,27H,4-5,8,14-15,18-19H2,1-3H3/t27-/m0/s1. The van der Waals surface area contributed by atoms with Crippen molar-refractivity contribution in [3.63, 3.8) is 0 Å². The third kappa shape index (κ3) is 5.05. The molecule has 0 radical (unpaired) electrons. The van der Waals surface area contributed by atoms with Gasteiger partial charge in [-0.3, -0.25) is 9.69 Å². The lowest BCUT2D eigenvalue weighted by Crippen LogP contribution is -2.57. The van der Waals surface area contributed by atoms with E-state index in [0.717, 1.165) is 42.8 Å². The van der Waals surface area contributed by atoms with Crippen LogP contribution in [-0.4, -0.2) is 39.5 Å². The Hall–Kier alpha value is -3.43. The zero-order valence-corrected chi connectivity index (χ0v) is 20.4. The number of aromatic nitrogens is 2. The van der Waals surface area contributed by atoms with E-state index < -0.39 is 0 Å². The van der Waals surface area contributed by atoms with Gasteiger partial charge in [0, 0.05) is 38.1 Å². The van der Waals surface area contributed by atoms with Crippen LogP contribution in [0.2, 0.25) is 0 Å². The highest BCUT2D eigenvalue weighted by Crippen LogP contribution is 2.28. The number of nitrogens with zero attached hydrogens (tertiary/aromatic N) is 5. The topological polar surface area (TPSA) is 65.2 Å². The molecule has 0 N–H and O–H groups in total. The Morgan fingerprint density at radius 2 is 1.88 bits per heavy atom. The fraction of sp³-hybridized carbons (Fsp3) is 0.393. The van der Waals surface area contributed by atoms with Gasteiger partial charge in [0.2, 0.25) is 5.91 Å². The molecule has 1 aromatic heterocycles. The van der Waals surface area contributed by atoms with E-state index in [1.54, 1.807) is 0 Å². The Morgan fingerprint density at radius 3 is 2.62 bits per heavy atom. The summed E-state index contributed by atoms with van der Waals surface area (Å²) in [4.78, 5) is 22.4. The highest BCUT2D eigenvalue weighted by molar-refractivity contribution is 5.98. The zero-order valence-electron chi connectivity index (χ0n) is 20.4. The number of carbonyl (C=O) groups is 1. The van der Waals surface area contributed by atoms with Crippen molar-refractivity contribution in [2.75, 3.05) is 18.0 Å². The molecule has 6 heteroatoms. The Morgan fingerprint density at radius 1 is 1.09 bits per heavy atom. The first-order valence-corrected chi connectivity index (χ1v) is 12.1. The van der Waals surface area contributed by atoms with Crippen LogP contribution in [0.15, 0.2) is 55.0 Å². The van der Waals surface area contributed by atoms with Crippen LogP contribution in [0, 0.1) is 25.2 Å². The van der Waals surface area contributed by atoms with Gasteiger partial charge in [0.05, 0.1) is 29.7 Å². The predicted octanol–water partition coefficient (Wildman–Crippen LogP) is 4.83. The number of amides is 1. The molecule has 2 heterocycles. The molecule has 3 aromatic rings. The molecule has 1 aliphatic heterocycles. The number of rotatable bonds is 8. The molecular weight excluding hydrogens is 422 g/mol. The van der Waals surface area contributed by atoms with E-state index in [-0.39, 0.29) is 11.9 Å². The van der Waals surface area contributed by atoms with E-state index in [4.69, 9.17) is 5.26 Å². The molecule has 0 spiro atoms. The van der Waals surface area contributed by atoms with Crippen molar-refractivity contribution < 1.29 is 4.79 Å². The minimum atomic E-state index is -0.133. The fourth-order valence-corrected chi connectivity index (χ4v) is 4.70. The number of piperazine rings is 1. The van der Waals surface area contributed by atoms with E-state index in [1.165, 1.54) is 11.1 Å². The number of benzene rings is 2. The Bertz CT molecular complexity index is 1170. The SMILES string of the molecule is CCCC[C@H]1C(=O)N(c2cccc(C)c2C)CCN1Cc1cncn1Cc1ccc(C#N)cc1. The summed E-state index contributed by atoms with van der Waals surface area (Å²) in [5.41, 5.74) is 6.31. The van der Waals surface area contributed by atoms with Crippen molar-refractivity contribution in [2.45, 2.75) is 59.2 Å². The second kappa shape index (κ2) is 10.7. The van der Waals surface area contributed by atoms with Crippen LogP contribution >= 0.6 is 0 Å². The first kappa shape index (κ1) is 23.7. The largest absolute Gasteiger partial charge is 0.329 e. The van der Waals surface area contributed by atoms with E-state index in [1.807, 2.05) is 47.8 Å². The Balaban J connectivity index is 1.53. The van der Waals surface area contributed by atoms with Crippen LogP contribution in [0.5, 0.6) is 0 Å². The second-order valence-electron chi connectivity index (χ2n) is 9.16. The first-order chi connectivity index (χ1) is 16.5. The maximum atomic E-state index is 13.7. The summed E-state index contributed by atoms with van der Waals surface area (Å²) in [7, 11) is 0. The first-order valence-electron chi connectivity index (χ1n) is 12.1. The molecule has 1 fully saturated rings. The molecule has 2 aromatic carbocycles. The summed E-state index contributed by atoms with van der Waals surface area (Å²) in [6, 6.07) is 15.9. The summed E-state index contributed by atoms with van der Waals surface area (Å²) in [5, 5.41) is 9.04. The summed E-state index contributed by atoms with van der Waals surface area (Å²) in [5.74, 6) is 0.201. The van der Waals surface area contributed by atoms with Gasteiger partial charge in [0.1, 0.15) is 0 Å². The Kier molecular flexibility index (Phi) is 7.44. The number of hydrogen-bond donors (Lipinski definition) is 0. The van der Waals surface area contributed by atoms with E-state index in [9.17, 15) is 4.79 Å². The third-order valence-electron chi connectivity index (χ3n) is 6.90. The number of unbranched alkanes of at least 4 members (excludes halogenated alkanes) is 1. The quantitative estimate of drug-likeness (QED) is 0.488. The molecule has 6 nitrogen and oxygen atoms in total. The smallest absolute Gasteiger partial charge is 0.244 e.